The molecule has 0 aliphatic rings. The zero-order valence-corrected chi connectivity index (χ0v) is 24.8. The van der Waals surface area contributed by atoms with Crippen molar-refractivity contribution in [2.24, 2.45) is 0 Å². The number of amides is 3. The van der Waals surface area contributed by atoms with Crippen LogP contribution in [-0.4, -0.2) is 28.0 Å². The molecule has 4 N–H and O–H groups in total. The van der Waals surface area contributed by atoms with Crippen molar-refractivity contribution in [2.45, 2.75) is 23.5 Å². The molecule has 1 atom stereocenters. The fourth-order valence-corrected chi connectivity index (χ4v) is 5.62. The van der Waals surface area contributed by atoms with Crippen LogP contribution < -0.4 is 16.0 Å². The smallest absolute Gasteiger partial charge is 0.272 e. The third-order valence-electron chi connectivity index (χ3n) is 6.62. The molecule has 1 aromatic heterocycles. The SMILES string of the molecule is CCC(Sc1cccc(NC(=O)/C(=C/c2c[nH]c3ccccc23)NC(=O)c2ccccc2)c1)C(=O)Nc1ccccc1Cl. The normalized spacial score (nSPS) is 12.0. The standard InChI is InChI=1S/C34H29ClN4O3S/c1-2-31(34(42)38-29-18-9-7-16-27(29)35)43-25-14-10-13-24(20-25)37-33(41)30(39-32(40)22-11-4-3-5-12-22)19-23-21-36-28-17-8-6-15-26(23)28/h3-21,31,36H,2H2,1H3,(H,37,41)(H,38,42)(H,39,40)/b30-19-. The van der Waals surface area contributed by atoms with E-state index in [0.717, 1.165) is 21.4 Å². The van der Waals surface area contributed by atoms with Crippen molar-refractivity contribution < 1.29 is 14.4 Å². The number of nitrogens with one attached hydrogen (secondary N) is 4. The third kappa shape index (κ3) is 7.54. The maximum atomic E-state index is 13.6. The van der Waals surface area contributed by atoms with Gasteiger partial charge in [-0.15, -0.1) is 11.8 Å². The second-order valence-corrected chi connectivity index (χ2v) is 11.3. The summed E-state index contributed by atoms with van der Waals surface area (Å²) in [6.07, 6.45) is 4.03. The first-order valence-corrected chi connectivity index (χ1v) is 14.9. The van der Waals surface area contributed by atoms with Crippen molar-refractivity contribution in [1.29, 1.82) is 0 Å². The molecule has 0 fully saturated rings. The summed E-state index contributed by atoms with van der Waals surface area (Å²) in [6, 6.07) is 30.8. The van der Waals surface area contributed by atoms with Gasteiger partial charge in [-0.25, -0.2) is 0 Å². The lowest BCUT2D eigenvalue weighted by Crippen LogP contribution is -2.30. The zero-order chi connectivity index (χ0) is 30.2. The number of fused-ring (bicyclic) bond motifs is 1. The van der Waals surface area contributed by atoms with E-state index in [2.05, 4.69) is 20.9 Å². The Labute approximate surface area is 258 Å². The number of H-pyrrole nitrogens is 1. The van der Waals surface area contributed by atoms with Crippen LogP contribution in [0.2, 0.25) is 5.02 Å². The Bertz CT molecular complexity index is 1800. The number of rotatable bonds is 10. The Morgan fingerprint density at radius 3 is 2.42 bits per heavy atom. The summed E-state index contributed by atoms with van der Waals surface area (Å²) in [5.41, 5.74) is 3.27. The number of para-hydroxylation sites is 2. The van der Waals surface area contributed by atoms with Crippen LogP contribution in [0.3, 0.4) is 0 Å². The van der Waals surface area contributed by atoms with Crippen molar-refractivity contribution in [1.82, 2.24) is 10.3 Å². The van der Waals surface area contributed by atoms with Crippen LogP contribution in [0.4, 0.5) is 11.4 Å². The van der Waals surface area contributed by atoms with Gasteiger partial charge < -0.3 is 20.9 Å². The number of carbonyl (C=O) groups excluding carboxylic acids is 3. The number of hydrogen-bond donors (Lipinski definition) is 4. The molecule has 0 spiro atoms. The van der Waals surface area contributed by atoms with Crippen molar-refractivity contribution in [3.8, 4) is 0 Å². The maximum absolute atomic E-state index is 13.6. The molecule has 0 aliphatic carbocycles. The number of carbonyl (C=O) groups is 3. The second kappa shape index (κ2) is 13.9. The van der Waals surface area contributed by atoms with Crippen LogP contribution in [0.1, 0.15) is 29.3 Å². The van der Waals surface area contributed by atoms with Gasteiger partial charge in [-0.2, -0.15) is 0 Å². The average molecular weight is 609 g/mol. The highest BCUT2D eigenvalue weighted by Crippen LogP contribution is 2.30. The van der Waals surface area contributed by atoms with Crippen molar-refractivity contribution in [2.75, 3.05) is 10.6 Å². The minimum atomic E-state index is -0.486. The quantitative estimate of drug-likeness (QED) is 0.0961. The molecule has 4 aromatic carbocycles. The highest BCUT2D eigenvalue weighted by Gasteiger charge is 2.20. The molecule has 5 aromatic rings. The van der Waals surface area contributed by atoms with Crippen molar-refractivity contribution >= 4 is 69.4 Å². The van der Waals surface area contributed by atoms with Gasteiger partial charge in [0.1, 0.15) is 5.70 Å². The van der Waals surface area contributed by atoms with Crippen LogP contribution >= 0.6 is 23.4 Å². The number of halogens is 1. The highest BCUT2D eigenvalue weighted by atomic mass is 35.5. The molecule has 216 valence electrons. The van der Waals surface area contributed by atoms with E-state index in [1.807, 2.05) is 55.5 Å². The van der Waals surface area contributed by atoms with Gasteiger partial charge in [-0.3, -0.25) is 14.4 Å². The molecule has 0 bridgehead atoms. The number of benzene rings is 4. The highest BCUT2D eigenvalue weighted by molar-refractivity contribution is 8.00. The first-order chi connectivity index (χ1) is 20.9. The number of aromatic nitrogens is 1. The lowest BCUT2D eigenvalue weighted by Gasteiger charge is -2.16. The lowest BCUT2D eigenvalue weighted by molar-refractivity contribution is -0.116. The van der Waals surface area contributed by atoms with Gasteiger partial charge in [0.15, 0.2) is 0 Å². The van der Waals surface area contributed by atoms with E-state index in [1.165, 1.54) is 11.8 Å². The van der Waals surface area contributed by atoms with Gasteiger partial charge in [0.25, 0.3) is 11.8 Å². The van der Waals surface area contributed by atoms with E-state index in [1.54, 1.807) is 66.9 Å². The molecule has 0 saturated carbocycles. The minimum Gasteiger partial charge on any atom is -0.361 e. The van der Waals surface area contributed by atoms with Crippen molar-refractivity contribution in [3.63, 3.8) is 0 Å². The Kier molecular flexibility index (Phi) is 9.61. The number of aromatic amines is 1. The summed E-state index contributed by atoms with van der Waals surface area (Å²) >= 11 is 7.61. The van der Waals surface area contributed by atoms with E-state index in [9.17, 15) is 14.4 Å². The monoisotopic (exact) mass is 608 g/mol. The van der Waals surface area contributed by atoms with E-state index in [4.69, 9.17) is 11.6 Å². The van der Waals surface area contributed by atoms with Gasteiger partial charge >= 0.3 is 0 Å². The Morgan fingerprint density at radius 1 is 0.884 bits per heavy atom. The largest absolute Gasteiger partial charge is 0.361 e. The molecule has 1 heterocycles. The number of thioether (sulfide) groups is 1. The number of hydrogen-bond acceptors (Lipinski definition) is 4. The molecule has 3 amide bonds. The summed E-state index contributed by atoms with van der Waals surface area (Å²) in [6.45, 7) is 1.94. The Balaban J connectivity index is 1.35. The van der Waals surface area contributed by atoms with Crippen molar-refractivity contribution in [3.05, 3.63) is 131 Å². The molecule has 7 nitrogen and oxygen atoms in total. The summed E-state index contributed by atoms with van der Waals surface area (Å²) in [5, 5.41) is 9.58. The zero-order valence-electron chi connectivity index (χ0n) is 23.3. The predicted molar refractivity (Wildman–Crippen MR) is 175 cm³/mol. The Morgan fingerprint density at radius 2 is 1.63 bits per heavy atom. The summed E-state index contributed by atoms with van der Waals surface area (Å²) in [7, 11) is 0. The van der Waals surface area contributed by atoms with Crippen LogP contribution in [0.5, 0.6) is 0 Å². The maximum Gasteiger partial charge on any atom is 0.272 e. The molecular formula is C34H29ClN4O3S. The lowest BCUT2D eigenvalue weighted by atomic mass is 10.1. The molecule has 0 aliphatic heterocycles. The molecule has 0 radical (unpaired) electrons. The molecule has 5 rings (SSSR count). The second-order valence-electron chi connectivity index (χ2n) is 9.63. The van der Waals surface area contributed by atoms with E-state index < -0.39 is 11.8 Å². The molecule has 9 heteroatoms. The van der Waals surface area contributed by atoms with Crippen LogP contribution in [0, 0.1) is 0 Å². The molecule has 0 saturated heterocycles. The van der Waals surface area contributed by atoms with Gasteiger partial charge in [-0.05, 0) is 61.0 Å². The minimum absolute atomic E-state index is 0.0854. The molecule has 43 heavy (non-hydrogen) atoms. The summed E-state index contributed by atoms with van der Waals surface area (Å²) in [5.74, 6) is -1.05. The predicted octanol–water partition coefficient (Wildman–Crippen LogP) is 7.74. The van der Waals surface area contributed by atoms with E-state index in [0.29, 0.717) is 28.4 Å². The van der Waals surface area contributed by atoms with E-state index >= 15 is 0 Å². The van der Waals surface area contributed by atoms with E-state index in [-0.39, 0.29) is 16.9 Å². The van der Waals surface area contributed by atoms with Gasteiger partial charge in [0.2, 0.25) is 5.91 Å². The summed E-state index contributed by atoms with van der Waals surface area (Å²) in [4.78, 5) is 43.6. The average Bonchev–Trinajstić information content (AvgIpc) is 3.44. The molecular weight excluding hydrogens is 580 g/mol. The summed E-state index contributed by atoms with van der Waals surface area (Å²) < 4.78 is 0. The van der Waals surface area contributed by atoms with Gasteiger partial charge in [-0.1, -0.05) is 73.1 Å². The van der Waals surface area contributed by atoms with Gasteiger partial charge in [0.05, 0.1) is 16.0 Å². The first kappa shape index (κ1) is 29.7. The fourth-order valence-electron chi connectivity index (χ4n) is 4.42. The van der Waals surface area contributed by atoms with Crippen LogP contribution in [0.25, 0.3) is 17.0 Å². The first-order valence-electron chi connectivity index (χ1n) is 13.7. The van der Waals surface area contributed by atoms with Crippen LogP contribution in [-0.2, 0) is 9.59 Å². The third-order valence-corrected chi connectivity index (χ3v) is 8.30. The Hall–Kier alpha value is -4.79. The fraction of sp³-hybridized carbons (Fsp3) is 0.0882. The van der Waals surface area contributed by atoms with Crippen LogP contribution in [0.15, 0.2) is 120 Å². The van der Waals surface area contributed by atoms with Gasteiger partial charge in [0, 0.05) is 38.8 Å². The number of anilines is 2. The molecule has 1 unspecified atom stereocenters. The topological polar surface area (TPSA) is 103 Å².